The molecule has 106 valence electrons. The number of halogens is 1. The zero-order valence-electron chi connectivity index (χ0n) is 12.0. The summed E-state index contributed by atoms with van der Waals surface area (Å²) in [7, 11) is 0. The number of benzene rings is 1. The summed E-state index contributed by atoms with van der Waals surface area (Å²) < 4.78 is 0. The molecule has 0 bridgehead atoms. The van der Waals surface area contributed by atoms with Gasteiger partial charge >= 0.3 is 0 Å². The molecule has 3 heteroatoms. The first-order chi connectivity index (χ1) is 9.17. The molecule has 19 heavy (non-hydrogen) atoms. The van der Waals surface area contributed by atoms with Crippen LogP contribution in [0.3, 0.4) is 0 Å². The van der Waals surface area contributed by atoms with Gasteiger partial charge in [0.05, 0.1) is 0 Å². The van der Waals surface area contributed by atoms with Crippen LogP contribution in [0.5, 0.6) is 0 Å². The molecular formula is C16H25ClN2. The summed E-state index contributed by atoms with van der Waals surface area (Å²) in [5.41, 5.74) is 7.21. The summed E-state index contributed by atoms with van der Waals surface area (Å²) in [6, 6.07) is 9.00. The third kappa shape index (κ3) is 3.31. The predicted octanol–water partition coefficient (Wildman–Crippen LogP) is 3.85. The molecule has 1 saturated heterocycles. The van der Waals surface area contributed by atoms with E-state index in [0.29, 0.717) is 12.1 Å². The molecule has 1 heterocycles. The number of hydrogen-bond donors (Lipinski definition) is 1. The molecule has 0 aliphatic carbocycles. The van der Waals surface area contributed by atoms with E-state index in [2.05, 4.69) is 30.9 Å². The Morgan fingerprint density at radius 2 is 2.16 bits per heavy atom. The Hall–Kier alpha value is -0.570. The molecule has 3 unspecified atom stereocenters. The maximum Gasteiger partial charge on any atom is 0.0453 e. The Morgan fingerprint density at radius 3 is 2.79 bits per heavy atom. The van der Waals surface area contributed by atoms with Crippen molar-refractivity contribution in [3.8, 4) is 0 Å². The summed E-state index contributed by atoms with van der Waals surface area (Å²) in [6.45, 7) is 6.40. The van der Waals surface area contributed by atoms with E-state index in [1.807, 2.05) is 12.1 Å². The first-order valence-corrected chi connectivity index (χ1v) is 7.75. The maximum atomic E-state index is 6.33. The lowest BCUT2D eigenvalue weighted by Gasteiger charge is -2.42. The Balaban J connectivity index is 2.14. The SMILES string of the molecule is CCC1CCN(C(C)c2ccccc2Cl)C(CN)C1. The first kappa shape index (κ1) is 14.8. The van der Waals surface area contributed by atoms with Gasteiger partial charge in [-0.3, -0.25) is 4.90 Å². The molecule has 0 saturated carbocycles. The van der Waals surface area contributed by atoms with Gasteiger partial charge in [-0.05, 0) is 43.9 Å². The number of rotatable bonds is 4. The van der Waals surface area contributed by atoms with Crippen molar-refractivity contribution in [2.75, 3.05) is 13.1 Å². The van der Waals surface area contributed by atoms with Gasteiger partial charge in [0.25, 0.3) is 0 Å². The van der Waals surface area contributed by atoms with Gasteiger partial charge in [-0.25, -0.2) is 0 Å². The van der Waals surface area contributed by atoms with E-state index in [0.717, 1.165) is 24.0 Å². The van der Waals surface area contributed by atoms with Gasteiger partial charge in [-0.1, -0.05) is 43.1 Å². The van der Waals surface area contributed by atoms with Crippen molar-refractivity contribution in [2.45, 2.75) is 45.2 Å². The zero-order chi connectivity index (χ0) is 13.8. The minimum atomic E-state index is 0.347. The molecule has 0 amide bonds. The summed E-state index contributed by atoms with van der Waals surface area (Å²) in [4.78, 5) is 2.54. The Bertz CT molecular complexity index is 407. The summed E-state index contributed by atoms with van der Waals surface area (Å²) in [6.07, 6.45) is 3.77. The normalized spacial score (nSPS) is 26.3. The van der Waals surface area contributed by atoms with Gasteiger partial charge in [0, 0.05) is 23.7 Å². The second-order valence-corrected chi connectivity index (χ2v) is 6.03. The molecule has 0 radical (unpaired) electrons. The summed E-state index contributed by atoms with van der Waals surface area (Å²) >= 11 is 6.33. The Morgan fingerprint density at radius 1 is 1.42 bits per heavy atom. The Kier molecular flexibility index (Phi) is 5.26. The highest BCUT2D eigenvalue weighted by atomic mass is 35.5. The molecule has 2 nitrogen and oxygen atoms in total. The molecule has 1 aliphatic heterocycles. The fourth-order valence-electron chi connectivity index (χ4n) is 3.26. The average Bonchev–Trinajstić information content (AvgIpc) is 2.46. The van der Waals surface area contributed by atoms with E-state index in [9.17, 15) is 0 Å². The average molecular weight is 281 g/mol. The number of hydrogen-bond acceptors (Lipinski definition) is 2. The van der Waals surface area contributed by atoms with Gasteiger partial charge in [-0.2, -0.15) is 0 Å². The summed E-state index contributed by atoms with van der Waals surface area (Å²) in [5.74, 6) is 0.836. The summed E-state index contributed by atoms with van der Waals surface area (Å²) in [5, 5.41) is 0.864. The molecule has 0 spiro atoms. The fraction of sp³-hybridized carbons (Fsp3) is 0.625. The van der Waals surface area contributed by atoms with Crippen LogP contribution in [-0.4, -0.2) is 24.0 Å². The monoisotopic (exact) mass is 280 g/mol. The predicted molar refractivity (Wildman–Crippen MR) is 82.4 cm³/mol. The lowest BCUT2D eigenvalue weighted by Crippen LogP contribution is -2.47. The highest BCUT2D eigenvalue weighted by Crippen LogP contribution is 2.34. The Labute approximate surface area is 121 Å². The second-order valence-electron chi connectivity index (χ2n) is 5.62. The molecular weight excluding hydrogens is 256 g/mol. The van der Waals surface area contributed by atoms with E-state index in [-0.39, 0.29) is 0 Å². The number of piperidine rings is 1. The van der Waals surface area contributed by atoms with E-state index in [1.165, 1.54) is 24.8 Å². The first-order valence-electron chi connectivity index (χ1n) is 7.37. The van der Waals surface area contributed by atoms with E-state index in [4.69, 9.17) is 17.3 Å². The molecule has 1 aromatic rings. The van der Waals surface area contributed by atoms with Crippen molar-refractivity contribution in [1.29, 1.82) is 0 Å². The highest BCUT2D eigenvalue weighted by Gasteiger charge is 2.30. The molecule has 1 aliphatic rings. The number of likely N-dealkylation sites (tertiary alicyclic amines) is 1. The third-order valence-corrected chi connectivity index (χ3v) is 4.92. The van der Waals surface area contributed by atoms with E-state index < -0.39 is 0 Å². The second kappa shape index (κ2) is 6.74. The van der Waals surface area contributed by atoms with Crippen molar-refractivity contribution in [1.82, 2.24) is 4.90 Å². The van der Waals surface area contributed by atoms with Crippen LogP contribution in [0.4, 0.5) is 0 Å². The van der Waals surface area contributed by atoms with Crippen LogP contribution in [0.1, 0.15) is 44.7 Å². The van der Waals surface area contributed by atoms with Crippen LogP contribution in [0.25, 0.3) is 0 Å². The molecule has 3 atom stereocenters. The molecule has 0 aromatic heterocycles. The molecule has 1 aromatic carbocycles. The van der Waals surface area contributed by atoms with Crippen molar-refractivity contribution >= 4 is 11.6 Å². The van der Waals surface area contributed by atoms with Gasteiger partial charge in [0.2, 0.25) is 0 Å². The standard InChI is InChI=1S/C16H25ClN2/c1-3-13-8-9-19(14(10-13)11-18)12(2)15-6-4-5-7-16(15)17/h4-7,12-14H,3,8-11,18H2,1-2H3. The minimum absolute atomic E-state index is 0.347. The van der Waals surface area contributed by atoms with E-state index >= 15 is 0 Å². The quantitative estimate of drug-likeness (QED) is 0.908. The third-order valence-electron chi connectivity index (χ3n) is 4.57. The van der Waals surface area contributed by atoms with Crippen molar-refractivity contribution in [3.05, 3.63) is 34.9 Å². The van der Waals surface area contributed by atoms with Crippen LogP contribution in [0.2, 0.25) is 5.02 Å². The number of nitrogens with two attached hydrogens (primary N) is 1. The lowest BCUT2D eigenvalue weighted by atomic mass is 9.87. The topological polar surface area (TPSA) is 29.3 Å². The van der Waals surface area contributed by atoms with Crippen molar-refractivity contribution < 1.29 is 0 Å². The lowest BCUT2D eigenvalue weighted by molar-refractivity contribution is 0.0773. The number of nitrogens with zero attached hydrogens (tertiary/aromatic N) is 1. The molecule has 1 fully saturated rings. The maximum absolute atomic E-state index is 6.33. The van der Waals surface area contributed by atoms with Gasteiger partial charge in [0.1, 0.15) is 0 Å². The van der Waals surface area contributed by atoms with Crippen molar-refractivity contribution in [3.63, 3.8) is 0 Å². The molecule has 2 N–H and O–H groups in total. The van der Waals surface area contributed by atoms with E-state index in [1.54, 1.807) is 0 Å². The fourth-order valence-corrected chi connectivity index (χ4v) is 3.55. The smallest absolute Gasteiger partial charge is 0.0453 e. The largest absolute Gasteiger partial charge is 0.329 e. The van der Waals surface area contributed by atoms with Crippen LogP contribution < -0.4 is 5.73 Å². The van der Waals surface area contributed by atoms with Gasteiger partial charge in [-0.15, -0.1) is 0 Å². The van der Waals surface area contributed by atoms with Crippen LogP contribution in [-0.2, 0) is 0 Å². The van der Waals surface area contributed by atoms with Crippen LogP contribution >= 0.6 is 11.6 Å². The zero-order valence-corrected chi connectivity index (χ0v) is 12.7. The minimum Gasteiger partial charge on any atom is -0.329 e. The molecule has 2 rings (SSSR count). The van der Waals surface area contributed by atoms with Crippen molar-refractivity contribution in [2.24, 2.45) is 11.7 Å². The van der Waals surface area contributed by atoms with Gasteiger partial charge in [0.15, 0.2) is 0 Å². The van der Waals surface area contributed by atoms with Gasteiger partial charge < -0.3 is 5.73 Å². The van der Waals surface area contributed by atoms with Crippen LogP contribution in [0.15, 0.2) is 24.3 Å². The van der Waals surface area contributed by atoms with Crippen LogP contribution in [0, 0.1) is 5.92 Å². The highest BCUT2D eigenvalue weighted by molar-refractivity contribution is 6.31.